The quantitative estimate of drug-likeness (QED) is 0.856. The number of amides is 1. The molecule has 1 aliphatic heterocycles. The van der Waals surface area contributed by atoms with Crippen molar-refractivity contribution in [2.45, 2.75) is 30.8 Å². The van der Waals surface area contributed by atoms with E-state index >= 15 is 0 Å². The van der Waals surface area contributed by atoms with Crippen LogP contribution in [0.1, 0.15) is 19.3 Å². The summed E-state index contributed by atoms with van der Waals surface area (Å²) in [5.74, 6) is 0.876. The first-order chi connectivity index (χ1) is 9.62. The predicted octanol–water partition coefficient (Wildman–Crippen LogP) is 0.881. The Kier molecular flexibility index (Phi) is 3.30. The van der Waals surface area contributed by atoms with E-state index in [1.165, 1.54) is 0 Å². The lowest BCUT2D eigenvalue weighted by molar-refractivity contribution is -0.123. The molecule has 1 atom stereocenters. The van der Waals surface area contributed by atoms with Crippen LogP contribution in [-0.4, -0.2) is 37.7 Å². The minimum absolute atomic E-state index is 0.00405. The number of carbonyl (C=O) groups excluding carboxylic acids is 1. The highest BCUT2D eigenvalue weighted by Gasteiger charge is 2.46. The summed E-state index contributed by atoms with van der Waals surface area (Å²) in [5, 5.41) is 3.07. The summed E-state index contributed by atoms with van der Waals surface area (Å²) < 4.78 is 5.39. The molecule has 1 saturated heterocycles. The maximum Gasteiger partial charge on any atom is 0.240 e. The average Bonchev–Trinajstić information content (AvgIpc) is 3.05. The number of rotatable bonds is 4. The smallest absolute Gasteiger partial charge is 0.240 e. The van der Waals surface area contributed by atoms with Crippen molar-refractivity contribution >= 4 is 11.6 Å². The van der Waals surface area contributed by atoms with Gasteiger partial charge in [0.25, 0.3) is 0 Å². The van der Waals surface area contributed by atoms with E-state index < -0.39 is 5.54 Å². The van der Waals surface area contributed by atoms with Crippen LogP contribution in [-0.2, 0) is 4.79 Å². The molecule has 2 fully saturated rings. The van der Waals surface area contributed by atoms with Gasteiger partial charge in [0.05, 0.1) is 18.3 Å². The molecule has 5 nitrogen and oxygen atoms in total. The standard InChI is InChI=1S/C15H21N3O2/c1-20-13-5-3-2-4-12(13)18-9-6-11(10-18)17-14(19)15(16)7-8-15/h2-5,11H,6-10,16H2,1H3,(H,17,19). The van der Waals surface area contributed by atoms with Crippen molar-refractivity contribution in [3.05, 3.63) is 24.3 Å². The fourth-order valence-electron chi connectivity index (χ4n) is 2.68. The van der Waals surface area contributed by atoms with Gasteiger partial charge in [-0.3, -0.25) is 4.79 Å². The zero-order valence-corrected chi connectivity index (χ0v) is 11.8. The van der Waals surface area contributed by atoms with E-state index in [0.717, 1.165) is 43.8 Å². The molecule has 0 bridgehead atoms. The lowest BCUT2D eigenvalue weighted by Gasteiger charge is -2.22. The lowest BCUT2D eigenvalue weighted by Crippen LogP contribution is -2.47. The Morgan fingerprint density at radius 1 is 1.45 bits per heavy atom. The minimum atomic E-state index is -0.585. The van der Waals surface area contributed by atoms with Crippen molar-refractivity contribution in [1.29, 1.82) is 0 Å². The molecular formula is C15H21N3O2. The van der Waals surface area contributed by atoms with Crippen LogP contribution in [0.4, 0.5) is 5.69 Å². The van der Waals surface area contributed by atoms with Crippen molar-refractivity contribution in [3.63, 3.8) is 0 Å². The fraction of sp³-hybridized carbons (Fsp3) is 0.533. The monoisotopic (exact) mass is 275 g/mol. The van der Waals surface area contributed by atoms with E-state index in [-0.39, 0.29) is 11.9 Å². The maximum absolute atomic E-state index is 12.0. The van der Waals surface area contributed by atoms with Gasteiger partial charge in [-0.1, -0.05) is 12.1 Å². The van der Waals surface area contributed by atoms with E-state index in [0.29, 0.717) is 0 Å². The summed E-state index contributed by atoms with van der Waals surface area (Å²) in [6, 6.07) is 8.15. The first-order valence-corrected chi connectivity index (χ1v) is 7.10. The number of hydrogen-bond donors (Lipinski definition) is 2. The van der Waals surface area contributed by atoms with Crippen molar-refractivity contribution < 1.29 is 9.53 Å². The van der Waals surface area contributed by atoms with Crippen LogP contribution in [0.15, 0.2) is 24.3 Å². The molecule has 1 amide bonds. The van der Waals surface area contributed by atoms with Gasteiger partial charge in [0.15, 0.2) is 0 Å². The molecule has 0 spiro atoms. The van der Waals surface area contributed by atoms with E-state index in [9.17, 15) is 4.79 Å². The van der Waals surface area contributed by atoms with Gasteiger partial charge in [-0.25, -0.2) is 0 Å². The summed E-state index contributed by atoms with van der Waals surface area (Å²) in [6.45, 7) is 1.73. The molecule has 0 radical (unpaired) electrons. The minimum Gasteiger partial charge on any atom is -0.495 e. The first-order valence-electron chi connectivity index (χ1n) is 7.10. The molecule has 2 aliphatic rings. The van der Waals surface area contributed by atoms with Crippen LogP contribution >= 0.6 is 0 Å². The lowest BCUT2D eigenvalue weighted by atomic mass is 10.2. The van der Waals surface area contributed by atoms with Crippen molar-refractivity contribution in [2.24, 2.45) is 5.73 Å². The van der Waals surface area contributed by atoms with Gasteiger partial charge in [0, 0.05) is 19.1 Å². The SMILES string of the molecule is COc1ccccc1N1CCC(NC(=O)C2(N)CC2)C1. The topological polar surface area (TPSA) is 67.6 Å². The molecule has 3 rings (SSSR count). The summed E-state index contributed by atoms with van der Waals surface area (Å²) in [4.78, 5) is 14.2. The van der Waals surface area contributed by atoms with E-state index in [1.54, 1.807) is 7.11 Å². The number of carbonyl (C=O) groups is 1. The largest absolute Gasteiger partial charge is 0.495 e. The second-order valence-corrected chi connectivity index (χ2v) is 5.73. The molecule has 1 aromatic rings. The number of ether oxygens (including phenoxy) is 1. The van der Waals surface area contributed by atoms with Crippen molar-refractivity contribution in [1.82, 2.24) is 5.32 Å². The number of hydrogen-bond acceptors (Lipinski definition) is 4. The van der Waals surface area contributed by atoms with Gasteiger partial charge in [-0.05, 0) is 31.4 Å². The first kappa shape index (κ1) is 13.2. The number of methoxy groups -OCH3 is 1. The second kappa shape index (κ2) is 4.98. The third-order valence-corrected chi connectivity index (χ3v) is 4.19. The van der Waals surface area contributed by atoms with Gasteiger partial charge in [-0.2, -0.15) is 0 Å². The highest BCUT2D eigenvalue weighted by molar-refractivity contribution is 5.89. The van der Waals surface area contributed by atoms with Gasteiger partial charge < -0.3 is 20.7 Å². The zero-order chi connectivity index (χ0) is 14.2. The number of para-hydroxylation sites is 2. The van der Waals surface area contributed by atoms with Crippen LogP contribution in [0.3, 0.4) is 0 Å². The van der Waals surface area contributed by atoms with Crippen LogP contribution in [0.5, 0.6) is 5.75 Å². The highest BCUT2D eigenvalue weighted by atomic mass is 16.5. The Labute approximate surface area is 119 Å². The van der Waals surface area contributed by atoms with Gasteiger partial charge in [0.2, 0.25) is 5.91 Å². The summed E-state index contributed by atoms with van der Waals surface area (Å²) in [5.41, 5.74) is 6.41. The average molecular weight is 275 g/mol. The Balaban J connectivity index is 1.63. The maximum atomic E-state index is 12.0. The Morgan fingerprint density at radius 3 is 2.90 bits per heavy atom. The molecule has 5 heteroatoms. The number of benzene rings is 1. The number of nitrogens with one attached hydrogen (secondary N) is 1. The fourth-order valence-corrected chi connectivity index (χ4v) is 2.68. The summed E-state index contributed by atoms with van der Waals surface area (Å²) >= 11 is 0. The Bertz CT molecular complexity index is 514. The molecule has 1 aromatic carbocycles. The number of anilines is 1. The van der Waals surface area contributed by atoms with E-state index in [1.807, 2.05) is 24.3 Å². The third-order valence-electron chi connectivity index (χ3n) is 4.19. The molecule has 3 N–H and O–H groups in total. The van der Waals surface area contributed by atoms with Gasteiger partial charge in [-0.15, -0.1) is 0 Å². The predicted molar refractivity (Wildman–Crippen MR) is 77.9 cm³/mol. The number of nitrogens with zero attached hydrogens (tertiary/aromatic N) is 1. The molecule has 1 aliphatic carbocycles. The van der Waals surface area contributed by atoms with Crippen LogP contribution in [0, 0.1) is 0 Å². The second-order valence-electron chi connectivity index (χ2n) is 5.73. The molecule has 108 valence electrons. The van der Waals surface area contributed by atoms with E-state index in [4.69, 9.17) is 10.5 Å². The van der Waals surface area contributed by atoms with Gasteiger partial charge >= 0.3 is 0 Å². The molecule has 1 saturated carbocycles. The Morgan fingerprint density at radius 2 is 2.20 bits per heavy atom. The van der Waals surface area contributed by atoms with Gasteiger partial charge in [0.1, 0.15) is 5.75 Å². The van der Waals surface area contributed by atoms with E-state index in [2.05, 4.69) is 10.2 Å². The molecule has 0 aromatic heterocycles. The molecular weight excluding hydrogens is 254 g/mol. The number of nitrogens with two attached hydrogens (primary N) is 1. The molecule has 20 heavy (non-hydrogen) atoms. The highest BCUT2D eigenvalue weighted by Crippen LogP contribution is 2.33. The molecule has 1 heterocycles. The van der Waals surface area contributed by atoms with Crippen LogP contribution < -0.4 is 20.7 Å². The molecule has 1 unspecified atom stereocenters. The van der Waals surface area contributed by atoms with Crippen LogP contribution in [0.2, 0.25) is 0 Å². The zero-order valence-electron chi connectivity index (χ0n) is 11.8. The summed E-state index contributed by atoms with van der Waals surface area (Å²) in [7, 11) is 1.68. The Hall–Kier alpha value is -1.75. The summed E-state index contributed by atoms with van der Waals surface area (Å²) in [6.07, 6.45) is 2.56. The van der Waals surface area contributed by atoms with Crippen molar-refractivity contribution in [2.75, 3.05) is 25.1 Å². The van der Waals surface area contributed by atoms with Crippen molar-refractivity contribution in [3.8, 4) is 5.75 Å². The van der Waals surface area contributed by atoms with Crippen LogP contribution in [0.25, 0.3) is 0 Å². The normalized spacial score (nSPS) is 23.5. The third kappa shape index (κ3) is 2.45.